The van der Waals surface area contributed by atoms with E-state index in [1.54, 1.807) is 6.92 Å². The van der Waals surface area contributed by atoms with Gasteiger partial charge in [-0.05, 0) is 32.6 Å². The molecule has 1 atom stereocenters. The number of ketones is 1. The summed E-state index contributed by atoms with van der Waals surface area (Å²) >= 11 is 0. The molecule has 1 spiro atoms. The van der Waals surface area contributed by atoms with Crippen molar-refractivity contribution in [3.63, 3.8) is 0 Å². The molecule has 0 aromatic heterocycles. The minimum Gasteiger partial charge on any atom is -0.465 e. The highest BCUT2D eigenvalue weighted by Gasteiger charge is 2.51. The van der Waals surface area contributed by atoms with Crippen molar-refractivity contribution in [2.24, 2.45) is 11.3 Å². The van der Waals surface area contributed by atoms with Crippen molar-refractivity contribution < 1.29 is 14.3 Å². The highest BCUT2D eigenvalue weighted by atomic mass is 16.5. The van der Waals surface area contributed by atoms with Gasteiger partial charge in [0.2, 0.25) is 0 Å². The highest BCUT2D eigenvalue weighted by Crippen LogP contribution is 2.50. The van der Waals surface area contributed by atoms with E-state index in [0.717, 1.165) is 32.1 Å². The molecule has 0 aromatic rings. The Kier molecular flexibility index (Phi) is 2.81. The van der Waals surface area contributed by atoms with Crippen LogP contribution in [-0.2, 0) is 14.3 Å². The van der Waals surface area contributed by atoms with Crippen molar-refractivity contribution >= 4 is 11.8 Å². The van der Waals surface area contributed by atoms with Crippen molar-refractivity contribution in [1.82, 2.24) is 0 Å². The second-order valence-electron chi connectivity index (χ2n) is 4.69. The molecule has 3 heteroatoms. The molecule has 0 aromatic carbocycles. The van der Waals surface area contributed by atoms with Gasteiger partial charge >= 0.3 is 5.97 Å². The summed E-state index contributed by atoms with van der Waals surface area (Å²) < 4.78 is 4.94. The van der Waals surface area contributed by atoms with Gasteiger partial charge in [-0.15, -0.1) is 0 Å². The molecule has 0 N–H and O–H groups in total. The van der Waals surface area contributed by atoms with E-state index in [1.165, 1.54) is 0 Å². The van der Waals surface area contributed by atoms with Gasteiger partial charge in [-0.25, -0.2) is 0 Å². The Labute approximate surface area is 90.2 Å². The maximum absolute atomic E-state index is 12.1. The zero-order chi connectivity index (χ0) is 10.9. The molecule has 0 heterocycles. The molecular formula is C12H18O3. The Morgan fingerprint density at radius 1 is 1.40 bits per heavy atom. The summed E-state index contributed by atoms with van der Waals surface area (Å²) in [6, 6.07) is 0. The topological polar surface area (TPSA) is 43.4 Å². The van der Waals surface area contributed by atoms with Crippen molar-refractivity contribution in [3.8, 4) is 0 Å². The Bertz CT molecular complexity index is 277. The average molecular weight is 210 g/mol. The van der Waals surface area contributed by atoms with Crippen molar-refractivity contribution in [2.45, 2.75) is 45.4 Å². The van der Waals surface area contributed by atoms with Gasteiger partial charge in [0.05, 0.1) is 6.61 Å². The molecule has 84 valence electrons. The van der Waals surface area contributed by atoms with E-state index in [-0.39, 0.29) is 17.2 Å². The molecule has 0 bridgehead atoms. The van der Waals surface area contributed by atoms with Gasteiger partial charge in [0.15, 0.2) is 5.78 Å². The largest absolute Gasteiger partial charge is 0.465 e. The second kappa shape index (κ2) is 3.95. The minimum absolute atomic E-state index is 0.141. The predicted molar refractivity (Wildman–Crippen MR) is 55.3 cm³/mol. The molecule has 2 saturated carbocycles. The molecule has 15 heavy (non-hydrogen) atoms. The molecule has 0 aliphatic heterocycles. The molecule has 0 radical (unpaired) electrons. The van der Waals surface area contributed by atoms with Crippen LogP contribution in [0.4, 0.5) is 0 Å². The summed E-state index contributed by atoms with van der Waals surface area (Å²) in [5, 5.41) is 0. The highest BCUT2D eigenvalue weighted by molar-refractivity contribution is 6.03. The molecule has 2 aliphatic carbocycles. The third-order valence-corrected chi connectivity index (χ3v) is 3.88. The fraction of sp³-hybridized carbons (Fsp3) is 0.833. The fourth-order valence-corrected chi connectivity index (χ4v) is 3.06. The SMILES string of the molecule is CCOC(=O)C1CCC2(CCCC2)C1=O. The van der Waals surface area contributed by atoms with Gasteiger partial charge < -0.3 is 4.74 Å². The van der Waals surface area contributed by atoms with Crippen LogP contribution in [0.25, 0.3) is 0 Å². The lowest BCUT2D eigenvalue weighted by Gasteiger charge is -2.20. The van der Waals surface area contributed by atoms with E-state index in [2.05, 4.69) is 0 Å². The zero-order valence-corrected chi connectivity index (χ0v) is 9.25. The maximum Gasteiger partial charge on any atom is 0.316 e. The van der Waals surface area contributed by atoms with Gasteiger partial charge in [0, 0.05) is 5.41 Å². The van der Waals surface area contributed by atoms with Crippen molar-refractivity contribution in [3.05, 3.63) is 0 Å². The number of hydrogen-bond acceptors (Lipinski definition) is 3. The molecular weight excluding hydrogens is 192 g/mol. The number of Topliss-reactive ketones (excluding diaryl/α,β-unsaturated/α-hetero) is 1. The van der Waals surface area contributed by atoms with Crippen molar-refractivity contribution in [1.29, 1.82) is 0 Å². The lowest BCUT2D eigenvalue weighted by molar-refractivity contribution is -0.151. The van der Waals surface area contributed by atoms with Crippen LogP contribution in [0.1, 0.15) is 45.4 Å². The molecule has 0 amide bonds. The van der Waals surface area contributed by atoms with Crippen LogP contribution >= 0.6 is 0 Å². The van der Waals surface area contributed by atoms with Crippen molar-refractivity contribution in [2.75, 3.05) is 6.61 Å². The number of ether oxygens (including phenoxy) is 1. The van der Waals surface area contributed by atoms with Gasteiger partial charge in [-0.1, -0.05) is 12.8 Å². The average Bonchev–Trinajstić information content (AvgIpc) is 2.79. The van der Waals surface area contributed by atoms with Gasteiger partial charge in [-0.3, -0.25) is 9.59 Å². The molecule has 0 saturated heterocycles. The van der Waals surface area contributed by atoms with Crippen LogP contribution in [0, 0.1) is 11.3 Å². The third-order valence-electron chi connectivity index (χ3n) is 3.88. The normalized spacial score (nSPS) is 28.6. The molecule has 3 nitrogen and oxygen atoms in total. The smallest absolute Gasteiger partial charge is 0.316 e. The maximum atomic E-state index is 12.1. The monoisotopic (exact) mass is 210 g/mol. The summed E-state index contributed by atoms with van der Waals surface area (Å²) in [6.45, 7) is 2.15. The van der Waals surface area contributed by atoms with E-state index in [1.807, 2.05) is 0 Å². The first-order valence-electron chi connectivity index (χ1n) is 5.90. The number of carbonyl (C=O) groups is 2. The summed E-state index contributed by atoms with van der Waals surface area (Å²) in [4.78, 5) is 23.7. The van der Waals surface area contributed by atoms with E-state index in [9.17, 15) is 9.59 Å². The van der Waals surface area contributed by atoms with Gasteiger partial charge in [-0.2, -0.15) is 0 Å². The summed E-state index contributed by atoms with van der Waals surface area (Å²) in [5.41, 5.74) is -0.141. The zero-order valence-electron chi connectivity index (χ0n) is 9.25. The lowest BCUT2D eigenvalue weighted by Crippen LogP contribution is -2.30. The van der Waals surface area contributed by atoms with E-state index in [0.29, 0.717) is 13.0 Å². The third kappa shape index (κ3) is 1.68. The first-order valence-corrected chi connectivity index (χ1v) is 5.90. The van der Waals surface area contributed by atoms with E-state index >= 15 is 0 Å². The summed E-state index contributed by atoms with van der Waals surface area (Å²) in [7, 11) is 0. The first kappa shape index (κ1) is 10.7. The van der Waals surface area contributed by atoms with Crippen LogP contribution in [0.15, 0.2) is 0 Å². The number of esters is 1. The summed E-state index contributed by atoms with van der Waals surface area (Å²) in [5.74, 6) is -0.590. The fourth-order valence-electron chi connectivity index (χ4n) is 3.06. The molecule has 1 unspecified atom stereocenters. The van der Waals surface area contributed by atoms with Crippen LogP contribution in [0.5, 0.6) is 0 Å². The van der Waals surface area contributed by atoms with Crippen LogP contribution in [0.3, 0.4) is 0 Å². The van der Waals surface area contributed by atoms with Crippen LogP contribution in [0.2, 0.25) is 0 Å². The lowest BCUT2D eigenvalue weighted by atomic mass is 9.82. The Morgan fingerprint density at radius 3 is 2.67 bits per heavy atom. The number of carbonyl (C=O) groups excluding carboxylic acids is 2. The van der Waals surface area contributed by atoms with E-state index in [4.69, 9.17) is 4.74 Å². The van der Waals surface area contributed by atoms with E-state index < -0.39 is 5.92 Å². The second-order valence-corrected chi connectivity index (χ2v) is 4.69. The quantitative estimate of drug-likeness (QED) is 0.517. The first-order chi connectivity index (χ1) is 7.19. The molecule has 2 fully saturated rings. The Hall–Kier alpha value is -0.860. The predicted octanol–water partition coefficient (Wildman–Crippen LogP) is 2.09. The van der Waals surface area contributed by atoms with Crippen LogP contribution in [-0.4, -0.2) is 18.4 Å². The minimum atomic E-state index is -0.456. The van der Waals surface area contributed by atoms with Gasteiger partial charge in [0.25, 0.3) is 0 Å². The Balaban J connectivity index is 2.06. The van der Waals surface area contributed by atoms with Crippen LogP contribution < -0.4 is 0 Å². The van der Waals surface area contributed by atoms with Gasteiger partial charge in [0.1, 0.15) is 5.92 Å². The molecule has 2 rings (SSSR count). The summed E-state index contributed by atoms with van der Waals surface area (Å²) in [6.07, 6.45) is 5.86. The molecule has 2 aliphatic rings. The standard InChI is InChI=1S/C12H18O3/c1-2-15-11(14)9-5-8-12(10(9)13)6-3-4-7-12/h9H,2-8H2,1H3. The Morgan fingerprint density at radius 2 is 2.07 bits per heavy atom. The number of hydrogen-bond donors (Lipinski definition) is 0. The number of rotatable bonds is 2.